The van der Waals surface area contributed by atoms with E-state index < -0.39 is 29.0 Å². The maximum absolute atomic E-state index is 14.7. The highest BCUT2D eigenvalue weighted by atomic mass is 32.1. The Kier molecular flexibility index (Phi) is 14.1. The molecule has 5 fully saturated rings. The van der Waals surface area contributed by atoms with E-state index in [4.69, 9.17) is 35.2 Å². The van der Waals surface area contributed by atoms with Gasteiger partial charge < -0.3 is 45.4 Å². The monoisotopic (exact) mass is 1130 g/mol. The van der Waals surface area contributed by atoms with Crippen molar-refractivity contribution in [2.45, 2.75) is 166 Å². The third-order valence-corrected chi connectivity index (χ3v) is 20.9. The number of thiazole rings is 1. The van der Waals surface area contributed by atoms with Gasteiger partial charge in [0.1, 0.15) is 29.0 Å². The Labute approximate surface area is 481 Å². The number of aromatic nitrogens is 7. The molecule has 13 rings (SSSR count). The number of carbonyl (C=O) groups excluding carboxylic acids is 2. The van der Waals surface area contributed by atoms with E-state index in [2.05, 4.69) is 36.7 Å². The lowest BCUT2D eigenvalue weighted by Crippen LogP contribution is -2.51. The van der Waals surface area contributed by atoms with Gasteiger partial charge in [0.25, 0.3) is 0 Å². The molecule has 21 heteroatoms. The summed E-state index contributed by atoms with van der Waals surface area (Å²) in [6.07, 6.45) is 13.0. The van der Waals surface area contributed by atoms with E-state index in [0.717, 1.165) is 160 Å². The number of anilines is 2. The molecule has 1 saturated carbocycles. The molecule has 4 saturated heterocycles. The lowest BCUT2D eigenvalue weighted by molar-refractivity contribution is -0.144. The number of fused-ring (bicyclic) bond motifs is 6. The first-order valence-corrected chi connectivity index (χ1v) is 31.0. The fourth-order valence-electron chi connectivity index (χ4n) is 14.4. The zero-order chi connectivity index (χ0) is 56.0. The van der Waals surface area contributed by atoms with Crippen LogP contribution in [0.25, 0.3) is 22.0 Å². The molecule has 6 aromatic rings. The zero-order valence-electron chi connectivity index (χ0n) is 47.1. The SMILES string of the molecule is Cc1ncsc1-c1ccc([C@H](C)NC(=O)[C@@H]2C[C@@H](O)CN2C(=O)[C@@H](n2cc(C3CCN(CC4(COc5cc(N6C[C@H]7CC[C@@H](C6)N7)nc(-c6noc7c6CCC[C@@]76CCCc7sc(N)c(C#N)c76)n5)CC4)CC3)nn2)C(C)(C)C)cc1. The number of aryl methyl sites for hydroxylation is 2. The number of benzene rings is 1. The van der Waals surface area contributed by atoms with E-state index in [9.17, 15) is 20.0 Å². The molecule has 7 atom stereocenters. The van der Waals surface area contributed by atoms with Crippen molar-refractivity contribution in [2.24, 2.45) is 10.8 Å². The van der Waals surface area contributed by atoms with Crippen molar-refractivity contribution in [3.8, 4) is 33.9 Å². The van der Waals surface area contributed by atoms with Gasteiger partial charge >= 0.3 is 0 Å². The number of aliphatic hydroxyl groups is 1. The van der Waals surface area contributed by atoms with Crippen LogP contribution in [0, 0.1) is 29.1 Å². The number of nitrogens with one attached hydrogen (secondary N) is 2. The van der Waals surface area contributed by atoms with E-state index >= 15 is 0 Å². The minimum Gasteiger partial charge on any atom is -0.477 e. The van der Waals surface area contributed by atoms with Gasteiger partial charge in [0.2, 0.25) is 17.7 Å². The number of hydrogen-bond acceptors (Lipinski definition) is 18. The van der Waals surface area contributed by atoms with Crippen LogP contribution in [-0.4, -0.2) is 132 Å². The number of likely N-dealkylation sites (tertiary alicyclic amines) is 2. The molecule has 0 radical (unpaired) electrons. The molecular formula is C60H74N14O5S2. The molecule has 5 N–H and O–H groups in total. The predicted octanol–water partition coefficient (Wildman–Crippen LogP) is 8.03. The fraction of sp³-hybridized carbons (Fsp3) is 0.583. The number of nitrogens with zero attached hydrogens (tertiary/aromatic N) is 11. The third-order valence-electron chi connectivity index (χ3n) is 18.8. The highest BCUT2D eigenvalue weighted by Gasteiger charge is 2.50. The van der Waals surface area contributed by atoms with Crippen LogP contribution in [0.2, 0.25) is 0 Å². The van der Waals surface area contributed by atoms with Gasteiger partial charge in [-0.15, -0.1) is 27.8 Å². The van der Waals surface area contributed by atoms with Gasteiger partial charge in [-0.2, -0.15) is 10.2 Å². The summed E-state index contributed by atoms with van der Waals surface area (Å²) in [5, 5.41) is 42.8. The average Bonchev–Trinajstić information content (AvgIpc) is 4.27. The van der Waals surface area contributed by atoms with Crippen molar-refractivity contribution in [3.63, 3.8) is 0 Å². The maximum atomic E-state index is 14.7. The van der Waals surface area contributed by atoms with Crippen molar-refractivity contribution in [1.29, 1.82) is 5.26 Å². The van der Waals surface area contributed by atoms with Crippen molar-refractivity contribution >= 4 is 45.3 Å². The van der Waals surface area contributed by atoms with Crippen LogP contribution in [0.4, 0.5) is 10.8 Å². The Hall–Kier alpha value is -6.31. The Morgan fingerprint density at radius 3 is 2.49 bits per heavy atom. The van der Waals surface area contributed by atoms with Gasteiger partial charge in [0, 0.05) is 78.7 Å². The first-order chi connectivity index (χ1) is 39.0. The number of β-amino-alcohol motifs (C(OH)–C–C–N with tert-alkyl or cyclic N) is 1. The topological polar surface area (TPSA) is 243 Å². The standard InChI is InChI=1S/C60H74N14O5S2/c1-34(36-10-12-38(13-11-36)51-35(2)63-33-80-51)64-56(76)45-24-41(75)29-73(45)57(77)52(58(3,4)5)74-30-44(68-70-74)37-16-22-71(23-17-37)31-59(20-21-59)32-78-48-25-47(72-27-39-14-15-40(28-72)65-39)66-55(67-48)50-42-8-6-18-60(53(42)79-69-50)19-7-9-46-49(60)43(26-61)54(62)81-46/h10-13,25,30,33-34,37,39-41,45,52,65,75H,6-9,14-24,27-29,31-32,62H2,1-5H3,(H,64,76)/t34-,39-,40+,41+,45-,52+,60-/m0/s1. The molecular weight excluding hydrogens is 1060 g/mol. The van der Waals surface area contributed by atoms with Gasteiger partial charge in [-0.25, -0.2) is 14.6 Å². The lowest BCUT2D eigenvalue weighted by Gasteiger charge is -2.39. The summed E-state index contributed by atoms with van der Waals surface area (Å²) in [5.74, 6) is 2.39. The molecule has 81 heavy (non-hydrogen) atoms. The molecule has 0 unspecified atom stereocenters. The molecule has 426 valence electrons. The van der Waals surface area contributed by atoms with Crippen LogP contribution >= 0.6 is 22.7 Å². The molecule has 2 bridgehead atoms. The van der Waals surface area contributed by atoms with Gasteiger partial charge in [0.05, 0.1) is 51.5 Å². The first-order valence-electron chi connectivity index (χ1n) is 29.3. The second-order valence-corrected chi connectivity index (χ2v) is 27.5. The third kappa shape index (κ3) is 10.2. The number of nitrogen functional groups attached to an aromatic ring is 1. The molecule has 4 aliphatic heterocycles. The summed E-state index contributed by atoms with van der Waals surface area (Å²) in [4.78, 5) is 52.3. The van der Waals surface area contributed by atoms with Crippen LogP contribution < -0.4 is 26.0 Å². The number of hydrogen-bond donors (Lipinski definition) is 4. The summed E-state index contributed by atoms with van der Waals surface area (Å²) in [7, 11) is 0. The number of amides is 2. The summed E-state index contributed by atoms with van der Waals surface area (Å²) in [5.41, 5.74) is 14.5. The first kappa shape index (κ1) is 54.0. The number of rotatable bonds is 14. The average molecular weight is 1140 g/mol. The van der Waals surface area contributed by atoms with E-state index in [1.165, 1.54) is 4.88 Å². The second-order valence-electron chi connectivity index (χ2n) is 25.6. The molecule has 1 aromatic carbocycles. The lowest BCUT2D eigenvalue weighted by atomic mass is 9.63. The number of ether oxygens (including phenoxy) is 1. The van der Waals surface area contributed by atoms with Crippen LogP contribution in [0.1, 0.15) is 161 Å². The van der Waals surface area contributed by atoms with Crippen LogP contribution in [0.15, 0.2) is 46.6 Å². The van der Waals surface area contributed by atoms with E-state index in [1.807, 2.05) is 76.7 Å². The number of piperazine rings is 1. The number of piperidine rings is 1. The molecule has 9 heterocycles. The quantitative estimate of drug-likeness (QED) is 0.0807. The zero-order valence-corrected chi connectivity index (χ0v) is 48.8. The largest absolute Gasteiger partial charge is 0.477 e. The van der Waals surface area contributed by atoms with E-state index in [-0.39, 0.29) is 42.2 Å². The van der Waals surface area contributed by atoms with Gasteiger partial charge in [-0.1, -0.05) is 55.4 Å². The second kappa shape index (κ2) is 21.1. The number of aliphatic hydroxyl groups excluding tert-OH is 1. The Morgan fingerprint density at radius 2 is 1.79 bits per heavy atom. The van der Waals surface area contributed by atoms with Crippen molar-refractivity contribution < 1.29 is 24.0 Å². The Bertz CT molecular complexity index is 3360. The fourth-order valence-corrected chi connectivity index (χ4v) is 16.4. The minimum absolute atomic E-state index is 0.0117. The van der Waals surface area contributed by atoms with E-state index in [0.29, 0.717) is 46.7 Å². The summed E-state index contributed by atoms with van der Waals surface area (Å²) < 4.78 is 14.9. The number of nitriles is 1. The molecule has 7 aliphatic rings. The normalized spacial score (nSPS) is 25.1. The Morgan fingerprint density at radius 1 is 1.04 bits per heavy atom. The molecule has 19 nitrogen and oxygen atoms in total. The summed E-state index contributed by atoms with van der Waals surface area (Å²) >= 11 is 3.15. The number of thiophene rings is 1. The summed E-state index contributed by atoms with van der Waals surface area (Å²) in [6, 6.07) is 11.5. The molecule has 5 aromatic heterocycles. The maximum Gasteiger partial charge on any atom is 0.248 e. The Balaban J connectivity index is 0.664. The highest BCUT2D eigenvalue weighted by Crippen LogP contribution is 2.55. The number of carbonyl (C=O) groups is 2. The molecule has 1 spiro atoms. The predicted molar refractivity (Wildman–Crippen MR) is 309 cm³/mol. The molecule has 2 amide bonds. The smallest absolute Gasteiger partial charge is 0.248 e. The van der Waals surface area contributed by atoms with Crippen molar-refractivity contribution in [2.75, 3.05) is 56.5 Å². The van der Waals surface area contributed by atoms with Crippen LogP contribution in [0.5, 0.6) is 5.88 Å². The molecule has 3 aliphatic carbocycles. The number of nitrogens with two attached hydrogens (primary N) is 1. The highest BCUT2D eigenvalue weighted by molar-refractivity contribution is 7.16. The van der Waals surface area contributed by atoms with Gasteiger partial charge in [-0.3, -0.25) is 9.59 Å². The van der Waals surface area contributed by atoms with Crippen LogP contribution in [0.3, 0.4) is 0 Å². The minimum atomic E-state index is -0.827. The summed E-state index contributed by atoms with van der Waals surface area (Å²) in [6.45, 7) is 15.0. The van der Waals surface area contributed by atoms with Gasteiger partial charge in [0.15, 0.2) is 17.3 Å². The van der Waals surface area contributed by atoms with Crippen LogP contribution in [-0.2, 0) is 27.8 Å². The van der Waals surface area contributed by atoms with Crippen molar-refractivity contribution in [1.82, 2.24) is 55.5 Å². The van der Waals surface area contributed by atoms with Crippen molar-refractivity contribution in [3.05, 3.63) is 86.3 Å². The van der Waals surface area contributed by atoms with E-state index in [1.54, 1.807) is 32.3 Å². The van der Waals surface area contributed by atoms with Gasteiger partial charge in [-0.05, 0) is 126 Å².